The predicted molar refractivity (Wildman–Crippen MR) is 91.5 cm³/mol. The lowest BCUT2D eigenvalue weighted by molar-refractivity contribution is 0.0940. The Morgan fingerprint density at radius 2 is 2.09 bits per heavy atom. The van der Waals surface area contributed by atoms with Crippen LogP contribution >= 0.6 is 11.3 Å². The van der Waals surface area contributed by atoms with Crippen molar-refractivity contribution in [2.75, 3.05) is 0 Å². The molecule has 0 aliphatic heterocycles. The molecule has 118 valence electrons. The lowest BCUT2D eigenvalue weighted by Gasteiger charge is -2.13. The predicted octanol–water partition coefficient (Wildman–Crippen LogP) is 3.20. The second kappa shape index (κ2) is 6.75. The molecule has 1 aromatic carbocycles. The van der Waals surface area contributed by atoms with Crippen LogP contribution in [-0.2, 0) is 6.42 Å². The Hall–Kier alpha value is -2.47. The summed E-state index contributed by atoms with van der Waals surface area (Å²) in [5.74, 6) is 1.34. The number of thiophene rings is 1. The lowest BCUT2D eigenvalue weighted by atomic mass is 10.1. The number of rotatable bonds is 5. The van der Waals surface area contributed by atoms with E-state index in [0.29, 0.717) is 11.4 Å². The van der Waals surface area contributed by atoms with Crippen molar-refractivity contribution >= 4 is 17.2 Å². The molecule has 3 rings (SSSR count). The molecule has 0 aliphatic rings. The van der Waals surface area contributed by atoms with Crippen molar-refractivity contribution in [1.82, 2.24) is 20.5 Å². The first kappa shape index (κ1) is 15.4. The SMILES string of the molecule is Cc1nc(-c2ccc(C(=O)N[C@H](C)Cc3ccsc3)cc2)n[nH]1. The minimum Gasteiger partial charge on any atom is -0.349 e. The fourth-order valence-corrected chi connectivity index (χ4v) is 3.04. The van der Waals surface area contributed by atoms with E-state index in [0.717, 1.165) is 17.8 Å². The zero-order valence-corrected chi connectivity index (χ0v) is 13.9. The van der Waals surface area contributed by atoms with Gasteiger partial charge in [-0.1, -0.05) is 12.1 Å². The molecule has 0 saturated heterocycles. The summed E-state index contributed by atoms with van der Waals surface area (Å²) >= 11 is 1.67. The van der Waals surface area contributed by atoms with Gasteiger partial charge in [-0.25, -0.2) is 4.98 Å². The maximum Gasteiger partial charge on any atom is 0.251 e. The zero-order chi connectivity index (χ0) is 16.2. The van der Waals surface area contributed by atoms with Gasteiger partial charge in [0.2, 0.25) is 0 Å². The molecule has 2 aromatic heterocycles. The molecule has 1 atom stereocenters. The highest BCUT2D eigenvalue weighted by Gasteiger charge is 2.11. The van der Waals surface area contributed by atoms with Crippen LogP contribution in [0.2, 0.25) is 0 Å². The minimum atomic E-state index is -0.0644. The molecule has 0 radical (unpaired) electrons. The molecular formula is C17H18N4OS. The van der Waals surface area contributed by atoms with E-state index in [-0.39, 0.29) is 11.9 Å². The van der Waals surface area contributed by atoms with Gasteiger partial charge in [0, 0.05) is 17.2 Å². The van der Waals surface area contributed by atoms with Crippen LogP contribution in [0.4, 0.5) is 0 Å². The number of aromatic nitrogens is 3. The van der Waals surface area contributed by atoms with Crippen molar-refractivity contribution in [1.29, 1.82) is 0 Å². The van der Waals surface area contributed by atoms with Crippen molar-refractivity contribution in [3.63, 3.8) is 0 Å². The maximum atomic E-state index is 12.3. The van der Waals surface area contributed by atoms with Crippen molar-refractivity contribution in [2.24, 2.45) is 0 Å². The first-order chi connectivity index (χ1) is 11.1. The quantitative estimate of drug-likeness (QED) is 0.756. The molecule has 0 unspecified atom stereocenters. The molecule has 2 heterocycles. The lowest BCUT2D eigenvalue weighted by Crippen LogP contribution is -2.33. The Bertz CT molecular complexity index is 777. The molecule has 2 N–H and O–H groups in total. The molecule has 0 fully saturated rings. The number of H-pyrrole nitrogens is 1. The summed E-state index contributed by atoms with van der Waals surface area (Å²) in [4.78, 5) is 16.6. The minimum absolute atomic E-state index is 0.0644. The Balaban J connectivity index is 1.63. The molecule has 0 saturated carbocycles. The first-order valence-corrected chi connectivity index (χ1v) is 8.37. The highest BCUT2D eigenvalue weighted by atomic mass is 32.1. The maximum absolute atomic E-state index is 12.3. The Morgan fingerprint density at radius 3 is 2.70 bits per heavy atom. The fraction of sp³-hybridized carbons (Fsp3) is 0.235. The highest BCUT2D eigenvalue weighted by Crippen LogP contribution is 2.15. The van der Waals surface area contributed by atoms with Crippen LogP contribution in [-0.4, -0.2) is 27.1 Å². The van der Waals surface area contributed by atoms with E-state index in [1.165, 1.54) is 5.56 Å². The van der Waals surface area contributed by atoms with Crippen molar-refractivity contribution < 1.29 is 4.79 Å². The van der Waals surface area contributed by atoms with E-state index >= 15 is 0 Å². The van der Waals surface area contributed by atoms with Gasteiger partial charge in [0.05, 0.1) is 0 Å². The van der Waals surface area contributed by atoms with Gasteiger partial charge in [0.25, 0.3) is 5.91 Å². The summed E-state index contributed by atoms with van der Waals surface area (Å²) in [6.07, 6.45) is 0.837. The Kier molecular flexibility index (Phi) is 4.52. The van der Waals surface area contributed by atoms with Gasteiger partial charge in [0.15, 0.2) is 5.82 Å². The number of nitrogens with zero attached hydrogens (tertiary/aromatic N) is 2. The molecule has 0 spiro atoms. The number of amides is 1. The summed E-state index contributed by atoms with van der Waals surface area (Å²) in [5, 5.41) is 14.1. The molecule has 1 amide bonds. The molecule has 0 aliphatic carbocycles. The number of hydrogen-bond donors (Lipinski definition) is 2. The van der Waals surface area contributed by atoms with Crippen LogP contribution in [0.3, 0.4) is 0 Å². The average Bonchev–Trinajstić information content (AvgIpc) is 3.19. The van der Waals surface area contributed by atoms with E-state index in [2.05, 4.69) is 31.9 Å². The van der Waals surface area contributed by atoms with Crippen LogP contribution in [0.15, 0.2) is 41.1 Å². The van der Waals surface area contributed by atoms with Crippen LogP contribution < -0.4 is 5.32 Å². The molecular weight excluding hydrogens is 308 g/mol. The smallest absolute Gasteiger partial charge is 0.251 e. The average molecular weight is 326 g/mol. The number of carbonyl (C=O) groups is 1. The van der Waals surface area contributed by atoms with Gasteiger partial charge in [-0.05, 0) is 54.8 Å². The van der Waals surface area contributed by atoms with E-state index in [9.17, 15) is 4.79 Å². The number of aryl methyl sites for hydroxylation is 1. The van der Waals surface area contributed by atoms with E-state index in [1.54, 1.807) is 23.5 Å². The second-order valence-electron chi connectivity index (χ2n) is 5.53. The third kappa shape index (κ3) is 3.84. The van der Waals surface area contributed by atoms with Gasteiger partial charge in [-0.3, -0.25) is 9.89 Å². The standard InChI is InChI=1S/C17H18N4OS/c1-11(9-13-7-8-23-10-13)18-17(22)15-5-3-14(4-6-15)16-19-12(2)20-21-16/h3-8,10-11H,9H2,1-2H3,(H,18,22)(H,19,20,21)/t11-/m1/s1. The molecule has 6 heteroatoms. The number of hydrogen-bond acceptors (Lipinski definition) is 4. The van der Waals surface area contributed by atoms with Gasteiger partial charge in [0.1, 0.15) is 5.82 Å². The van der Waals surface area contributed by atoms with E-state index in [1.807, 2.05) is 31.4 Å². The van der Waals surface area contributed by atoms with Gasteiger partial charge in [-0.15, -0.1) is 0 Å². The van der Waals surface area contributed by atoms with Crippen molar-refractivity contribution in [3.05, 3.63) is 58.0 Å². The molecule has 0 bridgehead atoms. The number of nitrogens with one attached hydrogen (secondary N) is 2. The third-order valence-electron chi connectivity index (χ3n) is 3.50. The largest absolute Gasteiger partial charge is 0.349 e. The third-order valence-corrected chi connectivity index (χ3v) is 4.23. The summed E-state index contributed by atoms with van der Waals surface area (Å²) < 4.78 is 0. The number of aromatic amines is 1. The van der Waals surface area contributed by atoms with Gasteiger partial charge in [-0.2, -0.15) is 16.4 Å². The Labute approximate surface area is 138 Å². The van der Waals surface area contributed by atoms with E-state index in [4.69, 9.17) is 0 Å². The molecule has 23 heavy (non-hydrogen) atoms. The summed E-state index contributed by atoms with van der Waals surface area (Å²) in [6.45, 7) is 3.87. The number of benzene rings is 1. The molecule has 3 aromatic rings. The highest BCUT2D eigenvalue weighted by molar-refractivity contribution is 7.07. The van der Waals surface area contributed by atoms with Gasteiger partial charge < -0.3 is 5.32 Å². The van der Waals surface area contributed by atoms with E-state index < -0.39 is 0 Å². The van der Waals surface area contributed by atoms with Crippen molar-refractivity contribution in [3.8, 4) is 11.4 Å². The van der Waals surface area contributed by atoms with Gasteiger partial charge >= 0.3 is 0 Å². The second-order valence-corrected chi connectivity index (χ2v) is 6.31. The Morgan fingerprint density at radius 1 is 1.30 bits per heavy atom. The summed E-state index contributed by atoms with van der Waals surface area (Å²) in [5.41, 5.74) is 2.77. The summed E-state index contributed by atoms with van der Waals surface area (Å²) in [7, 11) is 0. The van der Waals surface area contributed by atoms with Crippen molar-refractivity contribution in [2.45, 2.75) is 26.3 Å². The topological polar surface area (TPSA) is 70.7 Å². The number of carbonyl (C=O) groups excluding carboxylic acids is 1. The first-order valence-electron chi connectivity index (χ1n) is 7.43. The fourth-order valence-electron chi connectivity index (χ4n) is 2.36. The van der Waals surface area contributed by atoms with Crippen LogP contribution in [0.25, 0.3) is 11.4 Å². The zero-order valence-electron chi connectivity index (χ0n) is 13.0. The normalized spacial score (nSPS) is 12.1. The molecule has 5 nitrogen and oxygen atoms in total. The van der Waals surface area contributed by atoms with Crippen LogP contribution in [0, 0.1) is 6.92 Å². The summed E-state index contributed by atoms with van der Waals surface area (Å²) in [6, 6.07) is 9.50. The van der Waals surface area contributed by atoms with Crippen LogP contribution in [0.5, 0.6) is 0 Å². The monoisotopic (exact) mass is 326 g/mol. The van der Waals surface area contributed by atoms with Crippen LogP contribution in [0.1, 0.15) is 28.7 Å².